The number of rotatable bonds is 8. The lowest BCUT2D eigenvalue weighted by atomic mass is 10.1. The molecule has 254 valence electrons. The van der Waals surface area contributed by atoms with Crippen LogP contribution < -0.4 is 16.0 Å². The average Bonchev–Trinajstić information content (AvgIpc) is 3.64. The van der Waals surface area contributed by atoms with Crippen molar-refractivity contribution in [2.75, 3.05) is 45.6 Å². The number of hydrogen-bond donors (Lipinski definition) is 3. The van der Waals surface area contributed by atoms with Gasteiger partial charge < -0.3 is 29.8 Å². The highest BCUT2D eigenvalue weighted by molar-refractivity contribution is 6.11. The first-order valence-corrected chi connectivity index (χ1v) is 16.1. The minimum atomic E-state index is -0.852. The molecule has 1 aromatic carbocycles. The van der Waals surface area contributed by atoms with Crippen molar-refractivity contribution in [3.63, 3.8) is 0 Å². The number of hydrogen-bond acceptors (Lipinski definition) is 8. The summed E-state index contributed by atoms with van der Waals surface area (Å²) >= 11 is 0. The lowest BCUT2D eigenvalue weighted by Crippen LogP contribution is -2.49. The molecule has 14 heteroatoms. The summed E-state index contributed by atoms with van der Waals surface area (Å²) in [6.07, 6.45) is 4.77. The molecule has 2 saturated heterocycles. The van der Waals surface area contributed by atoms with Gasteiger partial charge in [0.05, 0.1) is 12.1 Å². The van der Waals surface area contributed by atoms with Crippen molar-refractivity contribution < 1.29 is 28.4 Å². The molecule has 3 aromatic rings. The van der Waals surface area contributed by atoms with Crippen LogP contribution in [0.25, 0.3) is 11.0 Å². The van der Waals surface area contributed by atoms with Crippen molar-refractivity contribution in [3.05, 3.63) is 59.6 Å². The standard InChI is InChI=1S/C34H42N8O6/c1-21-16-24-17-25(11-13-29(24)48-21)37-34(39-31(45)23-10-12-27(36-18-23)32(46)40(3)4)38-28-9-5-6-14-41(33(28)47)20-30(44)42-15-7-8-26(42)19-35-22(2)43/h10-13,16-18,26,28H,5-9,14-15,19-20H2,1-4H3,(H,35,43)(H2,37,38,39,45). The lowest BCUT2D eigenvalue weighted by molar-refractivity contribution is -0.141. The minimum Gasteiger partial charge on any atom is -0.461 e. The van der Waals surface area contributed by atoms with Crippen LogP contribution in [0.15, 0.2) is 52.0 Å². The Hall–Kier alpha value is -5.27. The number of likely N-dealkylation sites (tertiary alicyclic amines) is 2. The van der Waals surface area contributed by atoms with Crippen molar-refractivity contribution in [2.24, 2.45) is 4.99 Å². The van der Waals surface area contributed by atoms with Gasteiger partial charge in [-0.25, -0.2) is 4.99 Å². The largest absolute Gasteiger partial charge is 0.461 e. The molecule has 5 rings (SSSR count). The van der Waals surface area contributed by atoms with E-state index in [4.69, 9.17) is 9.41 Å². The summed E-state index contributed by atoms with van der Waals surface area (Å²) in [7, 11) is 3.23. The van der Waals surface area contributed by atoms with E-state index in [1.807, 2.05) is 19.1 Å². The fourth-order valence-electron chi connectivity index (χ4n) is 5.96. The highest BCUT2D eigenvalue weighted by atomic mass is 16.3. The van der Waals surface area contributed by atoms with Gasteiger partial charge in [0, 0.05) is 64.0 Å². The third kappa shape index (κ3) is 8.35. The van der Waals surface area contributed by atoms with E-state index in [1.165, 1.54) is 30.2 Å². The van der Waals surface area contributed by atoms with E-state index < -0.39 is 11.9 Å². The molecule has 2 aliphatic rings. The Labute approximate surface area is 278 Å². The molecule has 0 radical (unpaired) electrons. The fraction of sp³-hybridized carbons (Fsp3) is 0.441. The fourth-order valence-corrected chi connectivity index (χ4v) is 5.96. The summed E-state index contributed by atoms with van der Waals surface area (Å²) in [6, 6.07) is 9.34. The number of carbonyl (C=O) groups is 5. The van der Waals surface area contributed by atoms with Crippen LogP contribution in [0.2, 0.25) is 0 Å². The molecular weight excluding hydrogens is 616 g/mol. The van der Waals surface area contributed by atoms with Gasteiger partial charge in [-0.1, -0.05) is 0 Å². The van der Waals surface area contributed by atoms with Gasteiger partial charge in [-0.2, -0.15) is 0 Å². The predicted octanol–water partition coefficient (Wildman–Crippen LogP) is 2.54. The average molecular weight is 659 g/mol. The Morgan fingerprint density at radius 2 is 1.85 bits per heavy atom. The second-order valence-corrected chi connectivity index (χ2v) is 12.4. The first kappa shape index (κ1) is 34.1. The number of nitrogens with one attached hydrogen (secondary N) is 3. The third-order valence-corrected chi connectivity index (χ3v) is 8.43. The van der Waals surface area contributed by atoms with E-state index in [1.54, 1.807) is 36.0 Å². The SMILES string of the molecule is CC(=O)NCC1CCCN1C(=O)CN1CCCCC(N=C(NC(=O)c2ccc(C(=O)N(C)C)nc2)Nc2ccc3oc(C)cc3c2)C1=O. The number of furan rings is 1. The Morgan fingerprint density at radius 1 is 1.04 bits per heavy atom. The topological polar surface area (TPSA) is 170 Å². The summed E-state index contributed by atoms with van der Waals surface area (Å²) in [6.45, 7) is 4.58. The molecule has 4 heterocycles. The molecule has 0 saturated carbocycles. The van der Waals surface area contributed by atoms with Crippen molar-refractivity contribution in [1.82, 2.24) is 30.3 Å². The lowest BCUT2D eigenvalue weighted by Gasteiger charge is -2.29. The summed E-state index contributed by atoms with van der Waals surface area (Å²) < 4.78 is 5.69. The van der Waals surface area contributed by atoms with E-state index in [0.29, 0.717) is 50.2 Å². The number of nitrogens with zero attached hydrogens (tertiary/aromatic N) is 5. The molecule has 2 aliphatic heterocycles. The zero-order chi connectivity index (χ0) is 34.4. The van der Waals surface area contributed by atoms with Gasteiger partial charge >= 0.3 is 0 Å². The number of fused-ring (bicyclic) bond motifs is 1. The molecule has 2 fully saturated rings. The van der Waals surface area contributed by atoms with Gasteiger partial charge in [-0.15, -0.1) is 0 Å². The van der Waals surface area contributed by atoms with Crippen LogP contribution in [0, 0.1) is 6.92 Å². The maximum absolute atomic E-state index is 13.9. The number of aliphatic imine (C=N–C) groups is 1. The number of guanidine groups is 1. The van der Waals surface area contributed by atoms with E-state index in [0.717, 1.165) is 24.0 Å². The van der Waals surface area contributed by atoms with Crippen LogP contribution in [-0.4, -0.2) is 108 Å². The molecule has 2 aromatic heterocycles. The molecule has 0 spiro atoms. The van der Waals surface area contributed by atoms with Crippen LogP contribution in [0.4, 0.5) is 5.69 Å². The molecule has 3 N–H and O–H groups in total. The van der Waals surface area contributed by atoms with Gasteiger partial charge in [0.15, 0.2) is 0 Å². The number of aromatic nitrogens is 1. The van der Waals surface area contributed by atoms with Gasteiger partial charge in [-0.3, -0.25) is 34.3 Å². The molecule has 2 unspecified atom stereocenters. The summed E-state index contributed by atoms with van der Waals surface area (Å²) in [4.78, 5) is 77.9. The van der Waals surface area contributed by atoms with Crippen molar-refractivity contribution in [1.29, 1.82) is 0 Å². The first-order chi connectivity index (χ1) is 23.0. The maximum atomic E-state index is 13.9. The molecular formula is C34H42N8O6. The quantitative estimate of drug-likeness (QED) is 0.245. The van der Waals surface area contributed by atoms with Gasteiger partial charge in [0.2, 0.25) is 23.7 Å². The maximum Gasteiger partial charge on any atom is 0.271 e. The highest BCUT2D eigenvalue weighted by Crippen LogP contribution is 2.23. The van der Waals surface area contributed by atoms with Gasteiger partial charge in [0.1, 0.15) is 23.1 Å². The number of carbonyl (C=O) groups excluding carboxylic acids is 5. The van der Waals surface area contributed by atoms with Crippen LogP contribution >= 0.6 is 0 Å². The molecule has 2 atom stereocenters. The zero-order valence-electron chi connectivity index (χ0n) is 27.7. The Bertz CT molecular complexity index is 1720. The molecule has 0 bridgehead atoms. The number of anilines is 1. The van der Waals surface area contributed by atoms with Crippen LogP contribution in [0.3, 0.4) is 0 Å². The summed E-state index contributed by atoms with van der Waals surface area (Å²) in [5, 5.41) is 9.59. The van der Waals surface area contributed by atoms with Crippen LogP contribution in [0.1, 0.15) is 65.6 Å². The first-order valence-electron chi connectivity index (χ1n) is 16.1. The van der Waals surface area contributed by atoms with Gasteiger partial charge in [-0.05, 0) is 75.4 Å². The van der Waals surface area contributed by atoms with Gasteiger partial charge in [0.25, 0.3) is 11.8 Å². The van der Waals surface area contributed by atoms with E-state index in [2.05, 4.69) is 20.9 Å². The summed E-state index contributed by atoms with van der Waals surface area (Å²) in [5.41, 5.74) is 1.70. The van der Waals surface area contributed by atoms with E-state index >= 15 is 0 Å². The Morgan fingerprint density at radius 3 is 2.58 bits per heavy atom. The molecule has 5 amide bonds. The minimum absolute atomic E-state index is 0.0504. The Kier molecular flexibility index (Phi) is 10.7. The zero-order valence-corrected chi connectivity index (χ0v) is 27.7. The normalized spacial score (nSPS) is 18.4. The number of benzene rings is 1. The van der Waals surface area contributed by atoms with Crippen molar-refractivity contribution in [2.45, 2.75) is 58.0 Å². The Balaban J connectivity index is 1.36. The van der Waals surface area contributed by atoms with Crippen LogP contribution in [0.5, 0.6) is 0 Å². The number of pyridine rings is 1. The second kappa shape index (κ2) is 15.1. The molecule has 48 heavy (non-hydrogen) atoms. The molecule has 14 nitrogen and oxygen atoms in total. The predicted molar refractivity (Wildman–Crippen MR) is 179 cm³/mol. The summed E-state index contributed by atoms with van der Waals surface area (Å²) in [5.74, 6) is -0.650. The van der Waals surface area contributed by atoms with Crippen molar-refractivity contribution in [3.8, 4) is 0 Å². The number of aryl methyl sites for hydroxylation is 1. The van der Waals surface area contributed by atoms with Crippen LogP contribution in [-0.2, 0) is 14.4 Å². The highest BCUT2D eigenvalue weighted by Gasteiger charge is 2.33. The van der Waals surface area contributed by atoms with E-state index in [9.17, 15) is 24.0 Å². The van der Waals surface area contributed by atoms with E-state index in [-0.39, 0.29) is 53.4 Å². The molecule has 0 aliphatic carbocycles. The monoisotopic (exact) mass is 658 g/mol. The smallest absolute Gasteiger partial charge is 0.271 e. The second-order valence-electron chi connectivity index (χ2n) is 12.4. The third-order valence-electron chi connectivity index (χ3n) is 8.43. The number of amides is 5. The van der Waals surface area contributed by atoms with Crippen molar-refractivity contribution >= 4 is 52.2 Å².